The van der Waals surface area contributed by atoms with E-state index in [0.717, 1.165) is 30.9 Å². The average molecular weight is 375 g/mol. The third-order valence-corrected chi connectivity index (χ3v) is 5.29. The van der Waals surface area contributed by atoms with Gasteiger partial charge in [0.05, 0.1) is 5.69 Å². The molecule has 0 bridgehead atoms. The standard InChI is InChI=1S/C19H23F2N5O/c20-19(21)6-16(7-19)18(27)23-9-15-11-25(10-14-2-1-4-22-8-14)13-17-3-5-24-26(17)12-15/h1-5,8,15-16H,6-7,9-13H2,(H,23,27). The van der Waals surface area contributed by atoms with E-state index in [1.54, 1.807) is 12.4 Å². The fourth-order valence-corrected chi connectivity index (χ4v) is 3.86. The van der Waals surface area contributed by atoms with Crippen LogP contribution in [0.1, 0.15) is 24.1 Å². The van der Waals surface area contributed by atoms with Gasteiger partial charge in [0.25, 0.3) is 0 Å². The summed E-state index contributed by atoms with van der Waals surface area (Å²) in [6.07, 6.45) is 4.73. The van der Waals surface area contributed by atoms with Gasteiger partial charge in [0.15, 0.2) is 0 Å². The van der Waals surface area contributed by atoms with Gasteiger partial charge in [-0.25, -0.2) is 8.78 Å². The molecule has 0 saturated heterocycles. The van der Waals surface area contributed by atoms with Crippen LogP contribution < -0.4 is 5.32 Å². The van der Waals surface area contributed by atoms with E-state index in [4.69, 9.17) is 0 Å². The van der Waals surface area contributed by atoms with Crippen molar-refractivity contribution in [3.05, 3.63) is 48.0 Å². The first-order valence-corrected chi connectivity index (χ1v) is 9.26. The lowest BCUT2D eigenvalue weighted by Crippen LogP contribution is -2.46. The first-order valence-electron chi connectivity index (χ1n) is 9.26. The van der Waals surface area contributed by atoms with Gasteiger partial charge in [0, 0.05) is 76.0 Å². The molecule has 2 aromatic rings. The first kappa shape index (κ1) is 18.0. The van der Waals surface area contributed by atoms with Crippen LogP contribution in [-0.4, -0.2) is 44.6 Å². The molecule has 6 nitrogen and oxygen atoms in total. The number of carbonyl (C=O) groups is 1. The highest BCUT2D eigenvalue weighted by molar-refractivity contribution is 5.79. The van der Waals surface area contributed by atoms with Gasteiger partial charge in [-0.05, 0) is 17.7 Å². The van der Waals surface area contributed by atoms with Gasteiger partial charge in [0.1, 0.15) is 0 Å². The summed E-state index contributed by atoms with van der Waals surface area (Å²) in [6, 6.07) is 5.97. The Morgan fingerprint density at radius 2 is 2.11 bits per heavy atom. The summed E-state index contributed by atoms with van der Waals surface area (Å²) >= 11 is 0. The first-order chi connectivity index (χ1) is 13.0. The van der Waals surface area contributed by atoms with Crippen LogP contribution in [0.4, 0.5) is 8.78 Å². The van der Waals surface area contributed by atoms with Gasteiger partial charge in [-0.2, -0.15) is 5.10 Å². The molecule has 1 amide bonds. The quantitative estimate of drug-likeness (QED) is 0.869. The van der Waals surface area contributed by atoms with Crippen LogP contribution in [0.15, 0.2) is 36.8 Å². The smallest absolute Gasteiger partial charge is 0.249 e. The van der Waals surface area contributed by atoms with Crippen molar-refractivity contribution >= 4 is 5.91 Å². The molecule has 1 unspecified atom stereocenters. The zero-order chi connectivity index (χ0) is 18.9. The lowest BCUT2D eigenvalue weighted by molar-refractivity contribution is -0.150. The summed E-state index contributed by atoms with van der Waals surface area (Å²) in [4.78, 5) is 18.6. The summed E-state index contributed by atoms with van der Waals surface area (Å²) in [5.74, 6) is -3.33. The maximum atomic E-state index is 13.0. The topological polar surface area (TPSA) is 63.1 Å². The molecule has 27 heavy (non-hydrogen) atoms. The van der Waals surface area contributed by atoms with Gasteiger partial charge in [-0.1, -0.05) is 6.07 Å². The van der Waals surface area contributed by atoms with Crippen molar-refractivity contribution in [2.75, 3.05) is 13.1 Å². The van der Waals surface area contributed by atoms with E-state index in [9.17, 15) is 13.6 Å². The molecule has 8 heteroatoms. The van der Waals surface area contributed by atoms with Crippen LogP contribution >= 0.6 is 0 Å². The molecule has 2 aliphatic rings. The monoisotopic (exact) mass is 375 g/mol. The highest BCUT2D eigenvalue weighted by Gasteiger charge is 2.48. The average Bonchev–Trinajstić information content (AvgIpc) is 2.97. The number of aromatic nitrogens is 3. The van der Waals surface area contributed by atoms with E-state index >= 15 is 0 Å². The van der Waals surface area contributed by atoms with Crippen molar-refractivity contribution in [2.24, 2.45) is 11.8 Å². The number of pyridine rings is 1. The number of amides is 1. The van der Waals surface area contributed by atoms with Crippen LogP contribution in [0.5, 0.6) is 0 Å². The van der Waals surface area contributed by atoms with Crippen molar-refractivity contribution in [3.8, 4) is 0 Å². The zero-order valence-electron chi connectivity index (χ0n) is 15.0. The van der Waals surface area contributed by atoms with Crippen molar-refractivity contribution in [3.63, 3.8) is 0 Å². The minimum absolute atomic E-state index is 0.160. The molecule has 3 heterocycles. The molecular formula is C19H23F2N5O. The Morgan fingerprint density at radius 3 is 2.85 bits per heavy atom. The van der Waals surface area contributed by atoms with Crippen LogP contribution in [0, 0.1) is 11.8 Å². The summed E-state index contributed by atoms with van der Waals surface area (Å²) in [5, 5.41) is 7.26. The number of rotatable bonds is 5. The van der Waals surface area contributed by atoms with Crippen molar-refractivity contribution < 1.29 is 13.6 Å². The van der Waals surface area contributed by atoms with Gasteiger partial charge in [-0.15, -0.1) is 0 Å². The molecule has 1 atom stereocenters. The van der Waals surface area contributed by atoms with Gasteiger partial charge < -0.3 is 5.32 Å². The van der Waals surface area contributed by atoms with Gasteiger partial charge in [-0.3, -0.25) is 19.4 Å². The second-order valence-corrected chi connectivity index (χ2v) is 7.61. The van der Waals surface area contributed by atoms with E-state index in [0.29, 0.717) is 13.1 Å². The maximum Gasteiger partial charge on any atom is 0.249 e. The molecule has 0 radical (unpaired) electrons. The third-order valence-electron chi connectivity index (χ3n) is 5.29. The molecule has 0 aromatic carbocycles. The summed E-state index contributed by atoms with van der Waals surface area (Å²) < 4.78 is 27.9. The highest BCUT2D eigenvalue weighted by Crippen LogP contribution is 2.42. The van der Waals surface area contributed by atoms with Crippen LogP contribution in [0.2, 0.25) is 0 Å². The van der Waals surface area contributed by atoms with Crippen molar-refractivity contribution in [2.45, 2.75) is 38.4 Å². The summed E-state index contributed by atoms with van der Waals surface area (Å²) in [5.41, 5.74) is 2.26. The minimum atomic E-state index is -2.67. The second-order valence-electron chi connectivity index (χ2n) is 7.61. The Morgan fingerprint density at radius 1 is 1.26 bits per heavy atom. The Balaban J connectivity index is 1.38. The lowest BCUT2D eigenvalue weighted by Gasteiger charge is -2.34. The van der Waals surface area contributed by atoms with Crippen molar-refractivity contribution in [1.82, 2.24) is 25.0 Å². The molecule has 144 valence electrons. The fraction of sp³-hybridized carbons (Fsp3) is 0.526. The molecule has 4 rings (SSSR count). The fourth-order valence-electron chi connectivity index (χ4n) is 3.86. The Kier molecular flexibility index (Phi) is 4.90. The number of carbonyl (C=O) groups excluding carboxylic acids is 1. The van der Waals surface area contributed by atoms with E-state index in [-0.39, 0.29) is 24.7 Å². The zero-order valence-corrected chi connectivity index (χ0v) is 15.0. The normalized spacial score (nSPS) is 22.5. The molecule has 1 fully saturated rings. The molecular weight excluding hydrogens is 352 g/mol. The van der Waals surface area contributed by atoms with E-state index in [1.165, 1.54) is 0 Å². The number of nitrogens with zero attached hydrogens (tertiary/aromatic N) is 4. The van der Waals surface area contributed by atoms with Gasteiger partial charge in [0.2, 0.25) is 11.8 Å². The number of alkyl halides is 2. The predicted octanol–water partition coefficient (Wildman–Crippen LogP) is 2.07. The molecule has 1 aliphatic heterocycles. The molecule has 1 saturated carbocycles. The van der Waals surface area contributed by atoms with E-state index in [1.807, 2.05) is 29.1 Å². The highest BCUT2D eigenvalue weighted by atomic mass is 19.3. The predicted molar refractivity (Wildman–Crippen MR) is 94.7 cm³/mol. The second kappa shape index (κ2) is 7.34. The number of hydrogen-bond acceptors (Lipinski definition) is 4. The largest absolute Gasteiger partial charge is 0.355 e. The Labute approximate surface area is 156 Å². The molecule has 2 aromatic heterocycles. The molecule has 1 aliphatic carbocycles. The SMILES string of the molecule is O=C(NCC1CN(Cc2cccnc2)Cc2ccnn2C1)C1CC(F)(F)C1. The van der Waals surface area contributed by atoms with E-state index < -0.39 is 11.8 Å². The van der Waals surface area contributed by atoms with Crippen LogP contribution in [0.3, 0.4) is 0 Å². The number of nitrogens with one attached hydrogen (secondary N) is 1. The Hall–Kier alpha value is -2.35. The minimum Gasteiger partial charge on any atom is -0.355 e. The summed E-state index contributed by atoms with van der Waals surface area (Å²) in [7, 11) is 0. The van der Waals surface area contributed by atoms with Gasteiger partial charge >= 0.3 is 0 Å². The lowest BCUT2D eigenvalue weighted by atomic mass is 9.80. The van der Waals surface area contributed by atoms with Crippen LogP contribution in [-0.2, 0) is 24.4 Å². The number of hydrogen-bond donors (Lipinski definition) is 1. The van der Waals surface area contributed by atoms with Crippen LogP contribution in [0.25, 0.3) is 0 Å². The number of halogens is 2. The number of fused-ring (bicyclic) bond motifs is 1. The molecule has 0 spiro atoms. The van der Waals surface area contributed by atoms with E-state index in [2.05, 4.69) is 20.3 Å². The Bertz CT molecular complexity index is 786. The maximum absolute atomic E-state index is 13.0. The third kappa shape index (κ3) is 4.32. The summed E-state index contributed by atoms with van der Waals surface area (Å²) in [6.45, 7) is 3.49. The molecule has 1 N–H and O–H groups in total. The van der Waals surface area contributed by atoms with Crippen molar-refractivity contribution in [1.29, 1.82) is 0 Å².